The zero-order chi connectivity index (χ0) is 14.1. The van der Waals surface area contributed by atoms with E-state index in [1.807, 2.05) is 6.92 Å². The van der Waals surface area contributed by atoms with E-state index >= 15 is 0 Å². The standard InChI is InChI=1S/C13H25N5O/c1-5-11(6-2)8-15-13(14-7-3)16-9-12-17-10(4)19-18-12/h11H,5-9H2,1-4H3,(H2,14,15,16). The van der Waals surface area contributed by atoms with Crippen LogP contribution in [0.5, 0.6) is 0 Å². The van der Waals surface area contributed by atoms with Crippen LogP contribution in [0.3, 0.4) is 0 Å². The normalized spacial score (nSPS) is 11.9. The molecule has 6 nitrogen and oxygen atoms in total. The van der Waals surface area contributed by atoms with Gasteiger partial charge in [0.2, 0.25) is 5.89 Å². The minimum Gasteiger partial charge on any atom is -0.357 e. The van der Waals surface area contributed by atoms with Gasteiger partial charge in [-0.3, -0.25) is 0 Å². The number of aromatic nitrogens is 2. The van der Waals surface area contributed by atoms with Crippen LogP contribution in [0.15, 0.2) is 9.52 Å². The van der Waals surface area contributed by atoms with Gasteiger partial charge in [-0.2, -0.15) is 4.98 Å². The van der Waals surface area contributed by atoms with Crippen molar-refractivity contribution in [1.29, 1.82) is 0 Å². The molecule has 0 aromatic carbocycles. The number of hydrogen-bond donors (Lipinski definition) is 2. The fraction of sp³-hybridized carbons (Fsp3) is 0.769. The van der Waals surface area contributed by atoms with Crippen LogP contribution in [0.2, 0.25) is 0 Å². The smallest absolute Gasteiger partial charge is 0.223 e. The topological polar surface area (TPSA) is 75.3 Å². The lowest BCUT2D eigenvalue weighted by molar-refractivity contribution is 0.387. The van der Waals surface area contributed by atoms with Gasteiger partial charge in [0.1, 0.15) is 6.54 Å². The van der Waals surface area contributed by atoms with Gasteiger partial charge in [-0.25, -0.2) is 4.99 Å². The molecular weight excluding hydrogens is 242 g/mol. The van der Waals surface area contributed by atoms with Crippen molar-refractivity contribution >= 4 is 5.96 Å². The van der Waals surface area contributed by atoms with E-state index in [1.165, 1.54) is 12.8 Å². The molecule has 19 heavy (non-hydrogen) atoms. The molecule has 0 aliphatic heterocycles. The zero-order valence-electron chi connectivity index (χ0n) is 12.4. The predicted octanol–water partition coefficient (Wildman–Crippen LogP) is 1.87. The van der Waals surface area contributed by atoms with E-state index < -0.39 is 0 Å². The molecule has 0 amide bonds. The Morgan fingerprint density at radius 1 is 1.26 bits per heavy atom. The Labute approximate surface area is 115 Å². The lowest BCUT2D eigenvalue weighted by Crippen LogP contribution is -2.39. The largest absolute Gasteiger partial charge is 0.357 e. The average Bonchev–Trinajstić information content (AvgIpc) is 2.82. The molecule has 1 aromatic rings. The first-order valence-corrected chi connectivity index (χ1v) is 7.00. The van der Waals surface area contributed by atoms with Gasteiger partial charge in [0, 0.05) is 20.0 Å². The van der Waals surface area contributed by atoms with Gasteiger partial charge in [-0.05, 0) is 12.8 Å². The lowest BCUT2D eigenvalue weighted by atomic mass is 10.0. The van der Waals surface area contributed by atoms with Gasteiger partial charge in [0.15, 0.2) is 11.8 Å². The van der Waals surface area contributed by atoms with E-state index in [9.17, 15) is 0 Å². The Hall–Kier alpha value is -1.59. The number of hydrogen-bond acceptors (Lipinski definition) is 4. The number of rotatable bonds is 7. The third-order valence-corrected chi connectivity index (χ3v) is 3.01. The van der Waals surface area contributed by atoms with Gasteiger partial charge < -0.3 is 15.2 Å². The first-order chi connectivity index (χ1) is 9.19. The number of nitrogens with zero attached hydrogens (tertiary/aromatic N) is 3. The van der Waals surface area contributed by atoms with Crippen LogP contribution < -0.4 is 10.6 Å². The summed E-state index contributed by atoms with van der Waals surface area (Å²) >= 11 is 0. The molecule has 0 atom stereocenters. The summed E-state index contributed by atoms with van der Waals surface area (Å²) in [6, 6.07) is 0. The number of aryl methyl sites for hydroxylation is 1. The highest BCUT2D eigenvalue weighted by molar-refractivity contribution is 5.79. The highest BCUT2D eigenvalue weighted by Gasteiger charge is 2.06. The minimum atomic E-state index is 0.426. The first-order valence-electron chi connectivity index (χ1n) is 7.00. The van der Waals surface area contributed by atoms with Crippen molar-refractivity contribution in [1.82, 2.24) is 20.8 Å². The van der Waals surface area contributed by atoms with E-state index in [4.69, 9.17) is 4.52 Å². The highest BCUT2D eigenvalue weighted by Crippen LogP contribution is 2.05. The molecule has 0 saturated carbocycles. The van der Waals surface area contributed by atoms with E-state index in [-0.39, 0.29) is 0 Å². The maximum atomic E-state index is 4.92. The first kappa shape index (κ1) is 15.5. The Morgan fingerprint density at radius 3 is 2.53 bits per heavy atom. The van der Waals surface area contributed by atoms with Crippen molar-refractivity contribution in [2.45, 2.75) is 47.1 Å². The fourth-order valence-electron chi connectivity index (χ4n) is 1.72. The van der Waals surface area contributed by atoms with Crippen molar-refractivity contribution in [3.63, 3.8) is 0 Å². The molecule has 0 aliphatic rings. The third-order valence-electron chi connectivity index (χ3n) is 3.01. The summed E-state index contributed by atoms with van der Waals surface area (Å²) in [7, 11) is 0. The predicted molar refractivity (Wildman–Crippen MR) is 75.9 cm³/mol. The Morgan fingerprint density at radius 2 is 2.00 bits per heavy atom. The van der Waals surface area contributed by atoms with E-state index in [0.717, 1.165) is 19.0 Å². The molecule has 0 unspecified atom stereocenters. The summed E-state index contributed by atoms with van der Waals surface area (Å²) in [5.74, 6) is 2.66. The summed E-state index contributed by atoms with van der Waals surface area (Å²) in [5, 5.41) is 10.4. The molecule has 0 fully saturated rings. The van der Waals surface area contributed by atoms with Gasteiger partial charge in [0.25, 0.3) is 0 Å². The van der Waals surface area contributed by atoms with Crippen molar-refractivity contribution in [2.75, 3.05) is 13.1 Å². The summed E-state index contributed by atoms with van der Waals surface area (Å²) < 4.78 is 4.92. The van der Waals surface area contributed by atoms with E-state index in [0.29, 0.717) is 24.2 Å². The minimum absolute atomic E-state index is 0.426. The molecule has 1 aromatic heterocycles. The molecular formula is C13H25N5O. The maximum Gasteiger partial charge on any atom is 0.223 e. The molecule has 1 heterocycles. The molecule has 0 aliphatic carbocycles. The second-order valence-electron chi connectivity index (χ2n) is 4.49. The summed E-state index contributed by atoms with van der Waals surface area (Å²) in [5.41, 5.74) is 0. The Balaban J connectivity index is 2.50. The van der Waals surface area contributed by atoms with Crippen LogP contribution in [0.4, 0.5) is 0 Å². The maximum absolute atomic E-state index is 4.92. The fourth-order valence-corrected chi connectivity index (χ4v) is 1.72. The molecule has 0 radical (unpaired) electrons. The summed E-state index contributed by atoms with van der Waals surface area (Å²) in [6.45, 7) is 10.4. The SMILES string of the molecule is CCNC(=NCc1noc(C)n1)NCC(CC)CC. The van der Waals surface area contributed by atoms with Crippen LogP contribution >= 0.6 is 0 Å². The van der Waals surface area contributed by atoms with Crippen molar-refractivity contribution < 1.29 is 4.52 Å². The number of nitrogens with one attached hydrogen (secondary N) is 2. The van der Waals surface area contributed by atoms with Crippen molar-refractivity contribution in [3.05, 3.63) is 11.7 Å². The van der Waals surface area contributed by atoms with Crippen LogP contribution in [-0.4, -0.2) is 29.2 Å². The van der Waals surface area contributed by atoms with Crippen LogP contribution in [0.1, 0.15) is 45.3 Å². The molecule has 0 saturated heterocycles. The monoisotopic (exact) mass is 267 g/mol. The van der Waals surface area contributed by atoms with Crippen LogP contribution in [0.25, 0.3) is 0 Å². The lowest BCUT2D eigenvalue weighted by Gasteiger charge is -2.16. The van der Waals surface area contributed by atoms with Gasteiger partial charge in [-0.15, -0.1) is 0 Å². The van der Waals surface area contributed by atoms with E-state index in [1.54, 1.807) is 6.92 Å². The second-order valence-corrected chi connectivity index (χ2v) is 4.49. The van der Waals surface area contributed by atoms with Crippen molar-refractivity contribution in [3.8, 4) is 0 Å². The third kappa shape index (κ3) is 5.72. The Bertz CT molecular complexity index is 384. The highest BCUT2D eigenvalue weighted by atomic mass is 16.5. The molecule has 0 bridgehead atoms. The number of guanidine groups is 1. The van der Waals surface area contributed by atoms with Crippen molar-refractivity contribution in [2.24, 2.45) is 10.9 Å². The summed E-state index contributed by atoms with van der Waals surface area (Å²) in [4.78, 5) is 8.58. The van der Waals surface area contributed by atoms with Crippen LogP contribution in [-0.2, 0) is 6.54 Å². The molecule has 6 heteroatoms. The average molecular weight is 267 g/mol. The van der Waals surface area contributed by atoms with Gasteiger partial charge >= 0.3 is 0 Å². The molecule has 0 spiro atoms. The van der Waals surface area contributed by atoms with Gasteiger partial charge in [0.05, 0.1) is 0 Å². The van der Waals surface area contributed by atoms with Gasteiger partial charge in [-0.1, -0.05) is 31.8 Å². The Kier molecular flexibility index (Phi) is 6.92. The molecule has 1 rings (SSSR count). The summed E-state index contributed by atoms with van der Waals surface area (Å²) in [6.07, 6.45) is 2.35. The number of aliphatic imine (C=N–C) groups is 1. The molecule has 2 N–H and O–H groups in total. The second kappa shape index (κ2) is 8.50. The quantitative estimate of drug-likeness (QED) is 0.582. The zero-order valence-corrected chi connectivity index (χ0v) is 12.4. The van der Waals surface area contributed by atoms with E-state index in [2.05, 4.69) is 39.6 Å². The van der Waals surface area contributed by atoms with Crippen LogP contribution in [0, 0.1) is 12.8 Å². The molecule has 108 valence electrons.